The van der Waals surface area contributed by atoms with Gasteiger partial charge in [-0.1, -0.05) is 29.8 Å². The summed E-state index contributed by atoms with van der Waals surface area (Å²) < 4.78 is 19.6. The summed E-state index contributed by atoms with van der Waals surface area (Å²) in [6, 6.07) is 8.10. The summed E-state index contributed by atoms with van der Waals surface area (Å²) in [5, 5.41) is 0. The van der Waals surface area contributed by atoms with Crippen LogP contribution in [0.1, 0.15) is 31.0 Å². The van der Waals surface area contributed by atoms with Crippen LogP contribution in [0.25, 0.3) is 0 Å². The van der Waals surface area contributed by atoms with Crippen LogP contribution in [0.2, 0.25) is 0 Å². The fourth-order valence-corrected chi connectivity index (χ4v) is 2.20. The van der Waals surface area contributed by atoms with E-state index in [0.29, 0.717) is 22.6 Å². The monoisotopic (exact) mass is 338 g/mol. The van der Waals surface area contributed by atoms with Gasteiger partial charge in [-0.3, -0.25) is 0 Å². The first-order valence-electron chi connectivity index (χ1n) is 6.33. The Morgan fingerprint density at radius 2 is 2.00 bits per heavy atom. The summed E-state index contributed by atoms with van der Waals surface area (Å²) in [4.78, 5) is 4.42. The van der Waals surface area contributed by atoms with Crippen molar-refractivity contribution in [1.82, 2.24) is 4.98 Å². The van der Waals surface area contributed by atoms with E-state index in [1.807, 2.05) is 19.9 Å². The molecule has 0 amide bonds. The molecule has 2 N–H and O–H groups in total. The lowest BCUT2D eigenvalue weighted by Crippen LogP contribution is -2.02. The summed E-state index contributed by atoms with van der Waals surface area (Å²) in [5.41, 5.74) is 7.52. The van der Waals surface area contributed by atoms with E-state index in [9.17, 15) is 4.39 Å². The minimum Gasteiger partial charge on any atom is -0.439 e. The van der Waals surface area contributed by atoms with Gasteiger partial charge in [0.15, 0.2) is 0 Å². The number of hydrogen-bond donors (Lipinski definition) is 1. The van der Waals surface area contributed by atoms with Gasteiger partial charge in [-0.05, 0) is 29.7 Å². The first-order chi connectivity index (χ1) is 9.47. The zero-order valence-electron chi connectivity index (χ0n) is 11.4. The van der Waals surface area contributed by atoms with Crippen LogP contribution in [0, 0.1) is 5.82 Å². The van der Waals surface area contributed by atoms with Crippen LogP contribution < -0.4 is 10.5 Å². The third-order valence-corrected chi connectivity index (χ3v) is 3.23. The summed E-state index contributed by atoms with van der Waals surface area (Å²) in [5.74, 6) is 0.721. The van der Waals surface area contributed by atoms with Gasteiger partial charge < -0.3 is 10.5 Å². The number of rotatable bonds is 4. The Kier molecular flexibility index (Phi) is 4.73. The van der Waals surface area contributed by atoms with Crippen LogP contribution >= 0.6 is 15.9 Å². The second kappa shape index (κ2) is 6.33. The van der Waals surface area contributed by atoms with Crippen LogP contribution in [0.15, 0.2) is 34.8 Å². The Balaban J connectivity index is 2.34. The Hall–Kier alpha value is -1.46. The minimum atomic E-state index is -0.367. The highest BCUT2D eigenvalue weighted by molar-refractivity contribution is 9.10. The number of pyridine rings is 1. The molecule has 0 radical (unpaired) electrons. The van der Waals surface area contributed by atoms with E-state index in [0.717, 1.165) is 11.3 Å². The fourth-order valence-electron chi connectivity index (χ4n) is 1.76. The third kappa shape index (κ3) is 3.77. The number of ether oxygens (including phenoxy) is 1. The zero-order valence-corrected chi connectivity index (χ0v) is 12.9. The van der Waals surface area contributed by atoms with Gasteiger partial charge in [0, 0.05) is 28.8 Å². The van der Waals surface area contributed by atoms with E-state index in [4.69, 9.17) is 10.5 Å². The van der Waals surface area contributed by atoms with E-state index in [1.165, 1.54) is 12.1 Å². The highest BCUT2D eigenvalue weighted by atomic mass is 79.9. The normalized spacial score (nSPS) is 10.9. The molecule has 5 heteroatoms. The molecule has 0 aliphatic rings. The molecule has 106 valence electrons. The summed E-state index contributed by atoms with van der Waals surface area (Å²) in [7, 11) is 0. The van der Waals surface area contributed by atoms with E-state index in [1.54, 1.807) is 12.1 Å². The number of aromatic nitrogens is 1. The second-order valence-corrected chi connectivity index (χ2v) is 5.72. The lowest BCUT2D eigenvalue weighted by atomic mass is 10.1. The van der Waals surface area contributed by atoms with Crippen molar-refractivity contribution in [3.8, 4) is 11.6 Å². The summed E-state index contributed by atoms with van der Waals surface area (Å²) >= 11 is 3.23. The van der Waals surface area contributed by atoms with E-state index < -0.39 is 0 Å². The molecule has 20 heavy (non-hydrogen) atoms. The molecule has 0 saturated heterocycles. The lowest BCUT2D eigenvalue weighted by Gasteiger charge is -2.11. The summed E-state index contributed by atoms with van der Waals surface area (Å²) in [6.45, 7) is 4.50. The molecular formula is C15H16BrFN2O. The Bertz CT molecular complexity index is 597. The van der Waals surface area contributed by atoms with Gasteiger partial charge in [-0.25, -0.2) is 9.37 Å². The molecule has 2 rings (SSSR count). The molecule has 3 nitrogen and oxygen atoms in total. The molecule has 1 heterocycles. The van der Waals surface area contributed by atoms with Gasteiger partial charge in [0.2, 0.25) is 5.88 Å². The van der Waals surface area contributed by atoms with Gasteiger partial charge in [0.05, 0.1) is 0 Å². The predicted molar refractivity (Wildman–Crippen MR) is 80.4 cm³/mol. The minimum absolute atomic E-state index is 0.267. The highest BCUT2D eigenvalue weighted by Gasteiger charge is 2.08. The van der Waals surface area contributed by atoms with Crippen molar-refractivity contribution >= 4 is 15.9 Å². The number of nitrogens with two attached hydrogens (primary N) is 1. The standard InChI is InChI=1S/C15H16BrFN2O/c1-9(2)14-3-10(8-18)4-15(19-14)20-13-6-11(16)5-12(17)7-13/h3-7,9H,8,18H2,1-2H3. The van der Waals surface area contributed by atoms with Gasteiger partial charge >= 0.3 is 0 Å². The van der Waals surface area contributed by atoms with Gasteiger partial charge in [-0.15, -0.1) is 0 Å². The number of halogens is 2. The van der Waals surface area contributed by atoms with Crippen molar-refractivity contribution in [2.45, 2.75) is 26.3 Å². The highest BCUT2D eigenvalue weighted by Crippen LogP contribution is 2.27. The molecule has 1 aromatic carbocycles. The topological polar surface area (TPSA) is 48.1 Å². The third-order valence-electron chi connectivity index (χ3n) is 2.77. The molecule has 2 aromatic rings. The van der Waals surface area contributed by atoms with Crippen LogP contribution in [0.4, 0.5) is 4.39 Å². The molecule has 0 aliphatic heterocycles. The largest absolute Gasteiger partial charge is 0.439 e. The van der Waals surface area contributed by atoms with Crippen LogP contribution in [0.5, 0.6) is 11.6 Å². The van der Waals surface area contributed by atoms with Crippen molar-refractivity contribution in [1.29, 1.82) is 0 Å². The van der Waals surface area contributed by atoms with Gasteiger partial charge in [0.25, 0.3) is 0 Å². The molecular weight excluding hydrogens is 323 g/mol. The average Bonchev–Trinajstić information content (AvgIpc) is 2.36. The van der Waals surface area contributed by atoms with Crippen molar-refractivity contribution in [2.24, 2.45) is 5.73 Å². The lowest BCUT2D eigenvalue weighted by molar-refractivity contribution is 0.453. The molecule has 0 saturated carbocycles. The maximum atomic E-state index is 13.3. The first kappa shape index (κ1) is 14.9. The van der Waals surface area contributed by atoms with E-state index >= 15 is 0 Å². The zero-order chi connectivity index (χ0) is 14.7. The maximum Gasteiger partial charge on any atom is 0.219 e. The van der Waals surface area contributed by atoms with Crippen molar-refractivity contribution in [3.63, 3.8) is 0 Å². The molecule has 1 aromatic heterocycles. The van der Waals surface area contributed by atoms with Crippen LogP contribution in [-0.4, -0.2) is 4.98 Å². The van der Waals surface area contributed by atoms with Crippen molar-refractivity contribution in [2.75, 3.05) is 0 Å². The van der Waals surface area contributed by atoms with Gasteiger partial charge in [-0.2, -0.15) is 0 Å². The first-order valence-corrected chi connectivity index (χ1v) is 7.12. The SMILES string of the molecule is CC(C)c1cc(CN)cc(Oc2cc(F)cc(Br)c2)n1. The molecule has 0 spiro atoms. The molecule has 0 bridgehead atoms. The number of hydrogen-bond acceptors (Lipinski definition) is 3. The number of nitrogens with zero attached hydrogens (tertiary/aromatic N) is 1. The van der Waals surface area contributed by atoms with E-state index in [-0.39, 0.29) is 11.7 Å². The van der Waals surface area contributed by atoms with Crippen molar-refractivity contribution in [3.05, 3.63) is 51.9 Å². The summed E-state index contributed by atoms with van der Waals surface area (Å²) in [6.07, 6.45) is 0. The number of benzene rings is 1. The molecule has 0 fully saturated rings. The molecule has 0 atom stereocenters. The fraction of sp³-hybridized carbons (Fsp3) is 0.267. The quantitative estimate of drug-likeness (QED) is 0.900. The predicted octanol–water partition coefficient (Wildman–Crippen LogP) is 4.36. The van der Waals surface area contributed by atoms with Gasteiger partial charge in [0.1, 0.15) is 11.6 Å². The van der Waals surface area contributed by atoms with Crippen LogP contribution in [-0.2, 0) is 6.54 Å². The molecule has 0 unspecified atom stereocenters. The maximum absolute atomic E-state index is 13.3. The van der Waals surface area contributed by atoms with Crippen LogP contribution in [0.3, 0.4) is 0 Å². The Labute approximate surface area is 126 Å². The average molecular weight is 339 g/mol. The Morgan fingerprint density at radius 1 is 1.25 bits per heavy atom. The second-order valence-electron chi connectivity index (χ2n) is 4.80. The van der Waals surface area contributed by atoms with E-state index in [2.05, 4.69) is 20.9 Å². The molecule has 0 aliphatic carbocycles. The smallest absolute Gasteiger partial charge is 0.219 e. The Morgan fingerprint density at radius 3 is 2.60 bits per heavy atom. The van der Waals surface area contributed by atoms with Crippen molar-refractivity contribution < 1.29 is 9.13 Å².